The minimum atomic E-state index is 0.502. The first kappa shape index (κ1) is 13.6. The van der Waals surface area contributed by atoms with Gasteiger partial charge >= 0.3 is 122 Å². The Morgan fingerprint density at radius 3 is 1.78 bits per heavy atom. The predicted molar refractivity (Wildman–Crippen MR) is 84.7 cm³/mol. The molecule has 2 aromatic carbocycles. The van der Waals surface area contributed by atoms with Gasteiger partial charge in [-0.25, -0.2) is 0 Å². The molecule has 0 aliphatic heterocycles. The second kappa shape index (κ2) is 6.97. The van der Waals surface area contributed by atoms with Gasteiger partial charge in [-0.1, -0.05) is 0 Å². The fourth-order valence-corrected chi connectivity index (χ4v) is 5.68. The number of rotatable bonds is 6. The second-order valence-electron chi connectivity index (χ2n) is 3.81. The molecule has 92 valence electrons. The standard InChI is InChI=1S/C16H16Se2/c1-3-11-17-14-9-5-7-13-8-6-10-15(16(13)14)18-12-4-2/h3-10H,1-2,11-12H2. The first-order valence-electron chi connectivity index (χ1n) is 5.86. The number of fused-ring (bicyclic) bond motifs is 1. The van der Waals surface area contributed by atoms with Crippen molar-refractivity contribution in [1.82, 2.24) is 0 Å². The van der Waals surface area contributed by atoms with E-state index in [1.54, 1.807) is 0 Å². The van der Waals surface area contributed by atoms with Crippen molar-refractivity contribution < 1.29 is 0 Å². The van der Waals surface area contributed by atoms with E-state index in [1.807, 2.05) is 12.2 Å². The van der Waals surface area contributed by atoms with E-state index in [1.165, 1.54) is 19.7 Å². The molecule has 0 nitrogen and oxygen atoms in total. The van der Waals surface area contributed by atoms with Gasteiger partial charge in [-0.3, -0.25) is 0 Å². The van der Waals surface area contributed by atoms with E-state index >= 15 is 0 Å². The molecule has 0 saturated carbocycles. The Morgan fingerprint density at radius 1 is 0.833 bits per heavy atom. The molecule has 2 aromatic rings. The summed E-state index contributed by atoms with van der Waals surface area (Å²) in [5.41, 5.74) is 0. The summed E-state index contributed by atoms with van der Waals surface area (Å²) >= 11 is 1.00. The van der Waals surface area contributed by atoms with Gasteiger partial charge in [0.1, 0.15) is 0 Å². The van der Waals surface area contributed by atoms with Crippen molar-refractivity contribution in [2.45, 2.75) is 10.6 Å². The molecule has 0 aliphatic rings. The van der Waals surface area contributed by atoms with E-state index < -0.39 is 0 Å². The van der Waals surface area contributed by atoms with Crippen LogP contribution < -0.4 is 8.92 Å². The Bertz CT molecular complexity index is 511. The Morgan fingerprint density at radius 2 is 1.33 bits per heavy atom. The summed E-state index contributed by atoms with van der Waals surface area (Å²) in [5, 5.41) is 5.08. The molecule has 2 rings (SSSR count). The molecule has 18 heavy (non-hydrogen) atoms. The van der Waals surface area contributed by atoms with Gasteiger partial charge < -0.3 is 0 Å². The van der Waals surface area contributed by atoms with Crippen LogP contribution in [0, 0.1) is 0 Å². The number of hydrogen-bond donors (Lipinski definition) is 0. The molecule has 0 unspecified atom stereocenters. The first-order valence-corrected chi connectivity index (χ1v) is 9.99. The van der Waals surface area contributed by atoms with E-state index in [9.17, 15) is 0 Å². The van der Waals surface area contributed by atoms with Crippen molar-refractivity contribution in [3.05, 3.63) is 61.7 Å². The van der Waals surface area contributed by atoms with Gasteiger partial charge in [0.15, 0.2) is 0 Å². The SMILES string of the molecule is C=CC[Se]c1cccc2cccc([Se]CC=C)c12. The van der Waals surface area contributed by atoms with E-state index in [2.05, 4.69) is 49.6 Å². The van der Waals surface area contributed by atoms with Crippen molar-refractivity contribution in [2.75, 3.05) is 0 Å². The fraction of sp³-hybridized carbons (Fsp3) is 0.125. The zero-order chi connectivity index (χ0) is 12.8. The molecule has 0 amide bonds. The van der Waals surface area contributed by atoms with Crippen LogP contribution in [0.1, 0.15) is 0 Å². The molecular formula is C16H16Se2. The molecule has 0 aliphatic carbocycles. The van der Waals surface area contributed by atoms with Gasteiger partial charge in [-0.05, 0) is 0 Å². The van der Waals surface area contributed by atoms with Gasteiger partial charge in [-0.2, -0.15) is 0 Å². The third kappa shape index (κ3) is 3.16. The Labute approximate surface area is 121 Å². The molecule has 2 heteroatoms. The summed E-state index contributed by atoms with van der Waals surface area (Å²) in [4.78, 5) is 0. The maximum absolute atomic E-state index is 3.83. The van der Waals surface area contributed by atoms with Crippen LogP contribution in [0.5, 0.6) is 0 Å². The predicted octanol–water partition coefficient (Wildman–Crippen LogP) is 2.71. The van der Waals surface area contributed by atoms with E-state index in [-0.39, 0.29) is 0 Å². The van der Waals surface area contributed by atoms with Gasteiger partial charge in [0.25, 0.3) is 0 Å². The molecular weight excluding hydrogens is 350 g/mol. The van der Waals surface area contributed by atoms with Crippen LogP contribution in [0.2, 0.25) is 10.6 Å². The average molecular weight is 366 g/mol. The van der Waals surface area contributed by atoms with E-state index in [4.69, 9.17) is 0 Å². The summed E-state index contributed by atoms with van der Waals surface area (Å²) in [6, 6.07) is 13.3. The van der Waals surface area contributed by atoms with Crippen molar-refractivity contribution in [3.8, 4) is 0 Å². The van der Waals surface area contributed by atoms with E-state index in [0.29, 0.717) is 29.9 Å². The van der Waals surface area contributed by atoms with Crippen LogP contribution in [0.15, 0.2) is 61.7 Å². The molecule has 0 saturated heterocycles. The molecule has 0 spiro atoms. The summed E-state index contributed by atoms with van der Waals surface area (Å²) in [6.45, 7) is 7.67. The van der Waals surface area contributed by atoms with Gasteiger partial charge in [0, 0.05) is 0 Å². The Kier molecular flexibility index (Phi) is 5.28. The summed E-state index contributed by atoms with van der Waals surface area (Å²) in [7, 11) is 0. The Balaban J connectivity index is 2.48. The summed E-state index contributed by atoms with van der Waals surface area (Å²) in [6.07, 6.45) is 4.05. The minimum absolute atomic E-state index is 0.502. The molecule has 0 bridgehead atoms. The van der Waals surface area contributed by atoms with Crippen molar-refractivity contribution in [2.24, 2.45) is 0 Å². The van der Waals surface area contributed by atoms with Crippen molar-refractivity contribution in [3.63, 3.8) is 0 Å². The van der Waals surface area contributed by atoms with Crippen LogP contribution in [0.4, 0.5) is 0 Å². The van der Waals surface area contributed by atoms with Gasteiger partial charge in [-0.15, -0.1) is 0 Å². The number of hydrogen-bond acceptors (Lipinski definition) is 0. The summed E-state index contributed by atoms with van der Waals surface area (Å²) < 4.78 is 3.03. The number of benzene rings is 2. The van der Waals surface area contributed by atoms with Gasteiger partial charge in [0.05, 0.1) is 0 Å². The molecule has 0 atom stereocenters. The second-order valence-corrected chi connectivity index (χ2v) is 8.27. The van der Waals surface area contributed by atoms with Crippen LogP contribution in [-0.4, -0.2) is 29.9 Å². The zero-order valence-corrected chi connectivity index (χ0v) is 13.7. The van der Waals surface area contributed by atoms with Crippen LogP contribution in [-0.2, 0) is 0 Å². The number of allylic oxidation sites excluding steroid dienone is 2. The summed E-state index contributed by atoms with van der Waals surface area (Å²) in [5.74, 6) is 0. The molecule has 0 heterocycles. The molecule has 0 fully saturated rings. The maximum atomic E-state index is 3.83. The average Bonchev–Trinajstić information content (AvgIpc) is 2.42. The zero-order valence-electron chi connectivity index (χ0n) is 10.3. The topological polar surface area (TPSA) is 0 Å². The first-order chi connectivity index (χ1) is 8.86. The van der Waals surface area contributed by atoms with Crippen LogP contribution in [0.25, 0.3) is 10.8 Å². The van der Waals surface area contributed by atoms with Gasteiger partial charge in [0.2, 0.25) is 0 Å². The monoisotopic (exact) mass is 368 g/mol. The molecule has 0 aromatic heterocycles. The van der Waals surface area contributed by atoms with Crippen molar-refractivity contribution >= 4 is 49.6 Å². The van der Waals surface area contributed by atoms with E-state index in [0.717, 1.165) is 10.6 Å². The van der Waals surface area contributed by atoms with Crippen LogP contribution in [0.3, 0.4) is 0 Å². The van der Waals surface area contributed by atoms with Crippen LogP contribution >= 0.6 is 0 Å². The third-order valence-electron chi connectivity index (χ3n) is 2.54. The third-order valence-corrected chi connectivity index (χ3v) is 6.96. The quantitative estimate of drug-likeness (QED) is 0.545. The fourth-order valence-electron chi connectivity index (χ4n) is 1.81. The normalized spacial score (nSPS) is 10.4. The molecule has 0 N–H and O–H groups in total. The Hall–Kier alpha value is -0.781. The molecule has 0 radical (unpaired) electrons. The van der Waals surface area contributed by atoms with Crippen molar-refractivity contribution in [1.29, 1.82) is 0 Å².